The van der Waals surface area contributed by atoms with E-state index in [1.54, 1.807) is 0 Å². The van der Waals surface area contributed by atoms with Gasteiger partial charge in [-0.25, -0.2) is 0 Å². The second kappa shape index (κ2) is 6.07. The molecule has 0 aliphatic carbocycles. The number of nitrogens with one attached hydrogen (secondary N) is 1. The Morgan fingerprint density at radius 2 is 1.80 bits per heavy atom. The number of para-hydroxylation sites is 1. The minimum Gasteiger partial charge on any atom is -0.359 e. The van der Waals surface area contributed by atoms with Crippen molar-refractivity contribution in [2.24, 2.45) is 0 Å². The third-order valence-electron chi connectivity index (χ3n) is 2.08. The molecule has 0 heterocycles. The molecule has 1 aromatic rings. The lowest BCUT2D eigenvalue weighted by atomic mass is 10.2. The topological polar surface area (TPSA) is 12.0 Å². The smallest absolute Gasteiger partial charge is 0.0381 e. The first-order valence-electron chi connectivity index (χ1n) is 5.38. The number of hydrogen-bond donors (Lipinski definition) is 1. The van der Waals surface area contributed by atoms with Gasteiger partial charge in [-0.2, -0.15) is 0 Å². The minimum absolute atomic E-state index is 1.01. The number of benzene rings is 1. The third-order valence-corrected chi connectivity index (χ3v) is 2.08. The lowest BCUT2D eigenvalue weighted by Crippen LogP contribution is -1.97. The van der Waals surface area contributed by atoms with Gasteiger partial charge in [0.05, 0.1) is 0 Å². The fourth-order valence-corrected chi connectivity index (χ4v) is 1.22. The molecule has 0 atom stereocenters. The van der Waals surface area contributed by atoms with E-state index in [1.165, 1.54) is 11.3 Å². The molecular weight excluding hydrogens is 182 g/mol. The van der Waals surface area contributed by atoms with Crippen LogP contribution in [0.1, 0.15) is 27.2 Å². The van der Waals surface area contributed by atoms with E-state index in [-0.39, 0.29) is 0 Å². The summed E-state index contributed by atoms with van der Waals surface area (Å²) >= 11 is 0. The van der Waals surface area contributed by atoms with Crippen LogP contribution in [0.2, 0.25) is 0 Å². The average molecular weight is 201 g/mol. The lowest BCUT2D eigenvalue weighted by molar-refractivity contribution is 1.10. The monoisotopic (exact) mass is 201 g/mol. The van der Waals surface area contributed by atoms with Crippen LogP contribution in [0.4, 0.5) is 5.69 Å². The van der Waals surface area contributed by atoms with Gasteiger partial charge >= 0.3 is 0 Å². The summed E-state index contributed by atoms with van der Waals surface area (Å²) in [6.07, 6.45) is 5.29. The SMILES string of the molecule is CC/C(=C\C=C(C)C)Nc1ccccc1. The summed E-state index contributed by atoms with van der Waals surface area (Å²) in [7, 11) is 0. The van der Waals surface area contributed by atoms with Crippen LogP contribution in [0.3, 0.4) is 0 Å². The van der Waals surface area contributed by atoms with Crippen LogP contribution >= 0.6 is 0 Å². The van der Waals surface area contributed by atoms with Crippen LogP contribution in [-0.2, 0) is 0 Å². The predicted molar refractivity (Wildman–Crippen MR) is 67.9 cm³/mol. The van der Waals surface area contributed by atoms with E-state index < -0.39 is 0 Å². The first-order valence-corrected chi connectivity index (χ1v) is 5.38. The molecule has 80 valence electrons. The van der Waals surface area contributed by atoms with Crippen molar-refractivity contribution in [3.8, 4) is 0 Å². The zero-order valence-electron chi connectivity index (χ0n) is 9.75. The number of anilines is 1. The summed E-state index contributed by atoms with van der Waals surface area (Å²) in [5.74, 6) is 0. The van der Waals surface area contributed by atoms with Crippen molar-refractivity contribution in [3.63, 3.8) is 0 Å². The fourth-order valence-electron chi connectivity index (χ4n) is 1.22. The maximum atomic E-state index is 3.40. The quantitative estimate of drug-likeness (QED) is 0.714. The lowest BCUT2D eigenvalue weighted by Gasteiger charge is -2.08. The van der Waals surface area contributed by atoms with Crippen molar-refractivity contribution < 1.29 is 0 Å². The maximum absolute atomic E-state index is 3.40. The predicted octanol–water partition coefficient (Wildman–Crippen LogP) is 4.36. The van der Waals surface area contributed by atoms with Gasteiger partial charge in [-0.3, -0.25) is 0 Å². The molecule has 0 fully saturated rings. The van der Waals surface area contributed by atoms with Crippen molar-refractivity contribution in [2.75, 3.05) is 5.32 Å². The van der Waals surface area contributed by atoms with Crippen molar-refractivity contribution >= 4 is 5.69 Å². The minimum atomic E-state index is 1.01. The molecule has 0 aliphatic rings. The number of hydrogen-bond acceptors (Lipinski definition) is 1. The second-order valence-electron chi connectivity index (χ2n) is 3.78. The van der Waals surface area contributed by atoms with E-state index in [1.807, 2.05) is 18.2 Å². The third kappa shape index (κ3) is 4.50. The molecule has 0 amide bonds. The first kappa shape index (κ1) is 11.6. The Hall–Kier alpha value is -1.50. The molecule has 15 heavy (non-hydrogen) atoms. The Labute approximate surface area is 92.5 Å². The van der Waals surface area contributed by atoms with E-state index in [0.29, 0.717) is 0 Å². The normalized spacial score (nSPS) is 11.0. The zero-order valence-corrected chi connectivity index (χ0v) is 9.75. The van der Waals surface area contributed by atoms with E-state index in [9.17, 15) is 0 Å². The molecule has 1 aromatic carbocycles. The van der Waals surface area contributed by atoms with Gasteiger partial charge in [0.25, 0.3) is 0 Å². The van der Waals surface area contributed by atoms with Gasteiger partial charge in [0.1, 0.15) is 0 Å². The summed E-state index contributed by atoms with van der Waals surface area (Å²) in [4.78, 5) is 0. The fraction of sp³-hybridized carbons (Fsp3) is 0.286. The van der Waals surface area contributed by atoms with Gasteiger partial charge in [0, 0.05) is 11.4 Å². The summed E-state index contributed by atoms with van der Waals surface area (Å²) in [5, 5.41) is 3.40. The molecule has 1 N–H and O–H groups in total. The van der Waals surface area contributed by atoms with Crippen LogP contribution in [0, 0.1) is 0 Å². The van der Waals surface area contributed by atoms with Crippen LogP contribution in [0.5, 0.6) is 0 Å². The van der Waals surface area contributed by atoms with E-state index in [2.05, 4.69) is 50.4 Å². The molecule has 0 unspecified atom stereocenters. The van der Waals surface area contributed by atoms with Crippen LogP contribution in [-0.4, -0.2) is 0 Å². The van der Waals surface area contributed by atoms with Gasteiger partial charge in [-0.05, 0) is 38.5 Å². The Morgan fingerprint density at radius 1 is 1.13 bits per heavy atom. The summed E-state index contributed by atoms with van der Waals surface area (Å²) < 4.78 is 0. The average Bonchev–Trinajstić information content (AvgIpc) is 2.25. The highest BCUT2D eigenvalue weighted by molar-refractivity contribution is 5.48. The van der Waals surface area contributed by atoms with Gasteiger partial charge < -0.3 is 5.32 Å². The molecule has 0 saturated carbocycles. The molecular formula is C14H19N. The van der Waals surface area contributed by atoms with Crippen LogP contribution in [0.25, 0.3) is 0 Å². The van der Waals surface area contributed by atoms with Crippen molar-refractivity contribution in [1.82, 2.24) is 0 Å². The van der Waals surface area contributed by atoms with E-state index in [4.69, 9.17) is 0 Å². The summed E-state index contributed by atoms with van der Waals surface area (Å²) in [6, 6.07) is 10.3. The molecule has 0 spiro atoms. The molecule has 0 aromatic heterocycles. The van der Waals surface area contributed by atoms with Crippen LogP contribution < -0.4 is 5.32 Å². The molecule has 0 bridgehead atoms. The highest BCUT2D eigenvalue weighted by Gasteiger charge is 1.93. The largest absolute Gasteiger partial charge is 0.359 e. The number of rotatable bonds is 4. The standard InChI is InChI=1S/C14H19N/c1-4-13(11-10-12(2)3)15-14-8-6-5-7-9-14/h5-11,15H,4H2,1-3H3/b13-11+. The van der Waals surface area contributed by atoms with Crippen molar-refractivity contribution in [1.29, 1.82) is 0 Å². The summed E-state index contributed by atoms with van der Waals surface area (Å²) in [6.45, 7) is 6.36. The highest BCUT2D eigenvalue weighted by atomic mass is 14.9. The van der Waals surface area contributed by atoms with E-state index in [0.717, 1.165) is 12.1 Å². The zero-order chi connectivity index (χ0) is 11.1. The molecule has 1 heteroatoms. The Bertz CT molecular complexity index is 343. The second-order valence-corrected chi connectivity index (χ2v) is 3.78. The molecule has 0 radical (unpaired) electrons. The summed E-state index contributed by atoms with van der Waals surface area (Å²) in [5.41, 5.74) is 3.70. The number of allylic oxidation sites excluding steroid dienone is 4. The molecule has 1 nitrogen and oxygen atoms in total. The highest BCUT2D eigenvalue weighted by Crippen LogP contribution is 2.11. The van der Waals surface area contributed by atoms with Gasteiger partial charge in [-0.1, -0.05) is 36.8 Å². The van der Waals surface area contributed by atoms with Crippen molar-refractivity contribution in [3.05, 3.63) is 53.8 Å². The Kier molecular flexibility index (Phi) is 4.69. The van der Waals surface area contributed by atoms with Gasteiger partial charge in [-0.15, -0.1) is 0 Å². The Balaban J connectivity index is 2.70. The Morgan fingerprint density at radius 3 is 2.33 bits per heavy atom. The van der Waals surface area contributed by atoms with Gasteiger partial charge in [0.2, 0.25) is 0 Å². The molecule has 0 saturated heterocycles. The molecule has 0 aliphatic heterocycles. The van der Waals surface area contributed by atoms with E-state index >= 15 is 0 Å². The molecule has 1 rings (SSSR count). The van der Waals surface area contributed by atoms with Crippen molar-refractivity contribution in [2.45, 2.75) is 27.2 Å². The van der Waals surface area contributed by atoms with Gasteiger partial charge in [0.15, 0.2) is 0 Å². The van der Waals surface area contributed by atoms with Crippen LogP contribution in [0.15, 0.2) is 53.8 Å². The maximum Gasteiger partial charge on any atom is 0.0381 e. The first-order chi connectivity index (χ1) is 7.22.